The molecule has 0 radical (unpaired) electrons. The van der Waals surface area contributed by atoms with Gasteiger partial charge in [-0.1, -0.05) is 24.3 Å². The molecule has 1 aromatic carbocycles. The van der Waals surface area contributed by atoms with E-state index in [9.17, 15) is 10.2 Å². The first kappa shape index (κ1) is 12.5. The summed E-state index contributed by atoms with van der Waals surface area (Å²) < 4.78 is 0. The average Bonchev–Trinajstić information content (AvgIpc) is 2.28. The number of rotatable bonds is 5. The van der Waals surface area contributed by atoms with E-state index in [1.807, 2.05) is 6.07 Å². The van der Waals surface area contributed by atoms with Crippen molar-refractivity contribution >= 4 is 11.6 Å². The SMILES string of the molecule is OCCC(O)C(O)c1cccc(CCl)c1. The van der Waals surface area contributed by atoms with Crippen LogP contribution in [0, 0.1) is 0 Å². The number of alkyl halides is 1. The van der Waals surface area contributed by atoms with Crippen molar-refractivity contribution in [2.24, 2.45) is 0 Å². The largest absolute Gasteiger partial charge is 0.396 e. The van der Waals surface area contributed by atoms with Crippen molar-refractivity contribution in [2.45, 2.75) is 24.5 Å². The smallest absolute Gasteiger partial charge is 0.105 e. The third-order valence-corrected chi connectivity index (χ3v) is 2.54. The van der Waals surface area contributed by atoms with E-state index in [-0.39, 0.29) is 13.0 Å². The quantitative estimate of drug-likeness (QED) is 0.667. The van der Waals surface area contributed by atoms with Crippen molar-refractivity contribution in [2.75, 3.05) is 6.61 Å². The monoisotopic (exact) mass is 230 g/mol. The van der Waals surface area contributed by atoms with Gasteiger partial charge < -0.3 is 15.3 Å². The zero-order valence-corrected chi connectivity index (χ0v) is 9.06. The van der Waals surface area contributed by atoms with Crippen LogP contribution in [0.4, 0.5) is 0 Å². The van der Waals surface area contributed by atoms with Gasteiger partial charge in [-0.3, -0.25) is 0 Å². The molecule has 0 saturated heterocycles. The number of halogens is 1. The summed E-state index contributed by atoms with van der Waals surface area (Å²) >= 11 is 5.66. The third-order valence-electron chi connectivity index (χ3n) is 2.24. The average molecular weight is 231 g/mol. The molecular formula is C11H15ClO3. The lowest BCUT2D eigenvalue weighted by Crippen LogP contribution is -2.19. The Morgan fingerprint density at radius 3 is 2.60 bits per heavy atom. The molecule has 0 aliphatic carbocycles. The lowest BCUT2D eigenvalue weighted by Gasteiger charge is -2.17. The highest BCUT2D eigenvalue weighted by molar-refractivity contribution is 6.17. The molecule has 2 unspecified atom stereocenters. The topological polar surface area (TPSA) is 60.7 Å². The van der Waals surface area contributed by atoms with Crippen molar-refractivity contribution in [1.29, 1.82) is 0 Å². The van der Waals surface area contributed by atoms with Gasteiger partial charge in [0, 0.05) is 12.5 Å². The van der Waals surface area contributed by atoms with Gasteiger partial charge in [0.1, 0.15) is 6.10 Å². The molecule has 0 spiro atoms. The highest BCUT2D eigenvalue weighted by Gasteiger charge is 2.17. The first-order chi connectivity index (χ1) is 7.19. The first-order valence-electron chi connectivity index (χ1n) is 4.81. The van der Waals surface area contributed by atoms with Gasteiger partial charge in [-0.15, -0.1) is 11.6 Å². The standard InChI is InChI=1S/C11H15ClO3/c12-7-8-2-1-3-9(6-8)11(15)10(14)4-5-13/h1-3,6,10-11,13-15H,4-5,7H2. The van der Waals surface area contributed by atoms with Crippen LogP contribution in [-0.2, 0) is 5.88 Å². The highest BCUT2D eigenvalue weighted by atomic mass is 35.5. The summed E-state index contributed by atoms with van der Waals surface area (Å²) in [6, 6.07) is 7.10. The molecule has 3 N–H and O–H groups in total. The summed E-state index contributed by atoms with van der Waals surface area (Å²) in [5.74, 6) is 0.372. The Kier molecular flexibility index (Phi) is 5.05. The Bertz CT molecular complexity index is 304. The lowest BCUT2D eigenvalue weighted by molar-refractivity contribution is 0.00419. The molecule has 0 fully saturated rings. The van der Waals surface area contributed by atoms with E-state index in [0.717, 1.165) is 5.56 Å². The normalized spacial score (nSPS) is 14.9. The van der Waals surface area contributed by atoms with Gasteiger partial charge in [0.25, 0.3) is 0 Å². The zero-order chi connectivity index (χ0) is 11.3. The summed E-state index contributed by atoms with van der Waals surface area (Å²) in [6.07, 6.45) is -1.76. The van der Waals surface area contributed by atoms with Crippen LogP contribution in [0.1, 0.15) is 23.7 Å². The van der Waals surface area contributed by atoms with Crippen LogP contribution in [0.15, 0.2) is 24.3 Å². The molecule has 1 aromatic rings. The van der Waals surface area contributed by atoms with Crippen LogP contribution in [0.3, 0.4) is 0 Å². The number of hydrogen-bond acceptors (Lipinski definition) is 3. The van der Waals surface area contributed by atoms with Crippen LogP contribution in [0.5, 0.6) is 0 Å². The van der Waals surface area contributed by atoms with Crippen LogP contribution in [0.25, 0.3) is 0 Å². The summed E-state index contributed by atoms with van der Waals surface area (Å²) in [5, 5.41) is 27.9. The van der Waals surface area contributed by atoms with Crippen molar-refractivity contribution in [1.82, 2.24) is 0 Å². The molecule has 0 bridgehead atoms. The Morgan fingerprint density at radius 1 is 1.27 bits per heavy atom. The number of benzene rings is 1. The van der Waals surface area contributed by atoms with Crippen molar-refractivity contribution in [3.8, 4) is 0 Å². The molecule has 0 aromatic heterocycles. The van der Waals surface area contributed by atoms with E-state index >= 15 is 0 Å². The molecule has 0 aliphatic rings. The van der Waals surface area contributed by atoms with Crippen LogP contribution < -0.4 is 0 Å². The molecule has 0 saturated carbocycles. The fourth-order valence-corrected chi connectivity index (χ4v) is 1.54. The summed E-state index contributed by atoms with van der Waals surface area (Å²) in [5.41, 5.74) is 1.51. The molecular weight excluding hydrogens is 216 g/mol. The lowest BCUT2D eigenvalue weighted by atomic mass is 10.0. The summed E-state index contributed by atoms with van der Waals surface area (Å²) in [6.45, 7) is -0.145. The molecule has 0 aliphatic heterocycles. The maximum absolute atomic E-state index is 9.74. The second-order valence-electron chi connectivity index (χ2n) is 3.40. The molecule has 1 rings (SSSR count). The predicted molar refractivity (Wildman–Crippen MR) is 58.7 cm³/mol. The second-order valence-corrected chi connectivity index (χ2v) is 3.67. The fraction of sp³-hybridized carbons (Fsp3) is 0.455. The van der Waals surface area contributed by atoms with E-state index in [4.69, 9.17) is 16.7 Å². The molecule has 84 valence electrons. The Hall–Kier alpha value is -0.610. The highest BCUT2D eigenvalue weighted by Crippen LogP contribution is 2.20. The van der Waals surface area contributed by atoms with Gasteiger partial charge in [-0.25, -0.2) is 0 Å². The number of aliphatic hydroxyl groups is 3. The van der Waals surface area contributed by atoms with Gasteiger partial charge in [0.05, 0.1) is 6.10 Å². The Balaban J connectivity index is 2.76. The van der Waals surface area contributed by atoms with Gasteiger partial charge in [0.2, 0.25) is 0 Å². The van der Waals surface area contributed by atoms with Crippen LogP contribution in [-0.4, -0.2) is 28.0 Å². The first-order valence-corrected chi connectivity index (χ1v) is 5.34. The van der Waals surface area contributed by atoms with E-state index in [2.05, 4.69) is 0 Å². The minimum absolute atomic E-state index is 0.145. The summed E-state index contributed by atoms with van der Waals surface area (Å²) in [4.78, 5) is 0. The van der Waals surface area contributed by atoms with Gasteiger partial charge in [0.15, 0.2) is 0 Å². The Labute approximate surface area is 93.9 Å². The van der Waals surface area contributed by atoms with Crippen molar-refractivity contribution in [3.05, 3.63) is 35.4 Å². The van der Waals surface area contributed by atoms with Gasteiger partial charge >= 0.3 is 0 Å². The maximum atomic E-state index is 9.74. The molecule has 0 heterocycles. The third kappa shape index (κ3) is 3.47. The van der Waals surface area contributed by atoms with Gasteiger partial charge in [-0.2, -0.15) is 0 Å². The number of hydrogen-bond donors (Lipinski definition) is 3. The summed E-state index contributed by atoms with van der Waals surface area (Å²) in [7, 11) is 0. The molecule has 0 amide bonds. The fourth-order valence-electron chi connectivity index (χ4n) is 1.37. The molecule has 2 atom stereocenters. The van der Waals surface area contributed by atoms with E-state index < -0.39 is 12.2 Å². The predicted octanol–water partition coefficient (Wildman–Crippen LogP) is 1.20. The molecule has 4 heteroatoms. The molecule has 3 nitrogen and oxygen atoms in total. The van der Waals surface area contributed by atoms with E-state index in [1.165, 1.54) is 0 Å². The Morgan fingerprint density at radius 2 is 2.00 bits per heavy atom. The second kappa shape index (κ2) is 6.08. The van der Waals surface area contributed by atoms with Crippen LogP contribution in [0.2, 0.25) is 0 Å². The maximum Gasteiger partial charge on any atom is 0.105 e. The van der Waals surface area contributed by atoms with Crippen molar-refractivity contribution in [3.63, 3.8) is 0 Å². The minimum atomic E-state index is -0.972. The minimum Gasteiger partial charge on any atom is -0.396 e. The van der Waals surface area contributed by atoms with Crippen molar-refractivity contribution < 1.29 is 15.3 Å². The van der Waals surface area contributed by atoms with Gasteiger partial charge in [-0.05, 0) is 17.5 Å². The van der Waals surface area contributed by atoms with Crippen LogP contribution >= 0.6 is 11.6 Å². The zero-order valence-electron chi connectivity index (χ0n) is 8.31. The van der Waals surface area contributed by atoms with E-state index in [1.54, 1.807) is 18.2 Å². The molecule has 15 heavy (non-hydrogen) atoms. The number of aliphatic hydroxyl groups excluding tert-OH is 3. The van der Waals surface area contributed by atoms with E-state index in [0.29, 0.717) is 11.4 Å².